The average molecular weight is 527 g/mol. The Labute approximate surface area is 205 Å². The summed E-state index contributed by atoms with van der Waals surface area (Å²) in [6.45, 7) is -0.718. The molecule has 2 aromatic carbocycles. The van der Waals surface area contributed by atoms with Crippen LogP contribution in [0, 0.1) is 5.82 Å². The summed E-state index contributed by atoms with van der Waals surface area (Å²) in [5, 5.41) is 24.4. The fourth-order valence-corrected chi connectivity index (χ4v) is 6.56. The molecule has 13 heteroatoms. The van der Waals surface area contributed by atoms with E-state index in [2.05, 4.69) is 20.6 Å². The number of anilines is 3. The van der Waals surface area contributed by atoms with Crippen molar-refractivity contribution in [3.63, 3.8) is 0 Å². The molecule has 3 aromatic rings. The van der Waals surface area contributed by atoms with E-state index in [1.165, 1.54) is 35.3 Å². The minimum atomic E-state index is -1.34. The van der Waals surface area contributed by atoms with E-state index in [4.69, 9.17) is 21.4 Å². The molecule has 3 atom stereocenters. The van der Waals surface area contributed by atoms with Crippen LogP contribution in [0.25, 0.3) is 10.9 Å². The van der Waals surface area contributed by atoms with E-state index in [0.29, 0.717) is 34.6 Å². The molecule has 0 aliphatic carbocycles. The standard InChI is InChI=1S/C21H20ClFN4O5S2/c22-14-5-11(1-2-15(14)23)26-20-13-6-17(27-21(30)19-3-4-33-34(19)31)18(32-9-12(29)8-28)7-16(13)24-10-25-20/h1-2,5-7,10,12,19,28-29H,3-4,8-9H2,(H,27,30)(H,24,25,26). The number of nitrogens with zero attached hydrogens (tertiary/aromatic N) is 2. The normalized spacial score (nSPS) is 18.6. The molecule has 0 saturated carbocycles. The smallest absolute Gasteiger partial charge is 0.278 e. The molecule has 1 aliphatic heterocycles. The molecule has 0 radical (unpaired) electrons. The molecule has 180 valence electrons. The second-order valence-electron chi connectivity index (χ2n) is 7.34. The first-order chi connectivity index (χ1) is 16.4. The van der Waals surface area contributed by atoms with Gasteiger partial charge < -0.3 is 30.1 Å². The highest BCUT2D eigenvalue weighted by Gasteiger charge is 2.38. The molecule has 1 saturated heterocycles. The molecule has 1 amide bonds. The third-order valence-corrected chi connectivity index (χ3v) is 8.66. The number of ether oxygens (including phenoxy) is 1. The number of benzene rings is 2. The average Bonchev–Trinajstić information content (AvgIpc) is 3.26. The highest BCUT2D eigenvalue weighted by atomic mass is 35.5. The van der Waals surface area contributed by atoms with Crippen molar-refractivity contribution in [2.45, 2.75) is 17.8 Å². The predicted molar refractivity (Wildman–Crippen MR) is 130 cm³/mol. The topological polar surface area (TPSA) is 140 Å². The molecule has 1 aliphatic rings. The lowest BCUT2D eigenvalue weighted by Crippen LogP contribution is -2.31. The van der Waals surface area contributed by atoms with Crippen LogP contribution in [-0.4, -0.2) is 61.0 Å². The van der Waals surface area contributed by atoms with Gasteiger partial charge in [-0.1, -0.05) is 11.6 Å². The fourth-order valence-electron chi connectivity index (χ4n) is 3.20. The van der Waals surface area contributed by atoms with Crippen LogP contribution in [-0.2, 0) is 15.0 Å². The van der Waals surface area contributed by atoms with Gasteiger partial charge in [0.2, 0.25) is 5.25 Å². The van der Waals surface area contributed by atoms with Crippen molar-refractivity contribution < 1.29 is 28.7 Å². The predicted octanol–water partition coefficient (Wildman–Crippen LogP) is 3.01. The summed E-state index contributed by atoms with van der Waals surface area (Å²) >= 11 is 5.87. The molecule has 0 spiro atoms. The van der Waals surface area contributed by atoms with Crippen LogP contribution in [0.4, 0.5) is 21.6 Å². The zero-order valence-electron chi connectivity index (χ0n) is 17.5. The van der Waals surface area contributed by atoms with E-state index in [1.54, 1.807) is 12.1 Å². The van der Waals surface area contributed by atoms with Gasteiger partial charge in [0, 0.05) is 39.5 Å². The Hall–Kier alpha value is -2.35. The number of aromatic nitrogens is 2. The molecular formula is C21H20ClFN4O5S2. The SMILES string of the molecule is O=C(Nc1cc2c(Nc3ccc(F)c(Cl)c3)ncnc2cc1OCC(O)CO)C1CCS[S+]1[O-]. The lowest BCUT2D eigenvalue weighted by atomic mass is 10.1. The number of hydrogen-bond donors (Lipinski definition) is 4. The van der Waals surface area contributed by atoms with Crippen molar-refractivity contribution in [2.75, 3.05) is 29.6 Å². The maximum Gasteiger partial charge on any atom is 0.278 e. The Morgan fingerprint density at radius 2 is 2.21 bits per heavy atom. The van der Waals surface area contributed by atoms with Crippen LogP contribution in [0.15, 0.2) is 36.7 Å². The zero-order valence-corrected chi connectivity index (χ0v) is 19.9. The van der Waals surface area contributed by atoms with Crippen molar-refractivity contribution in [3.8, 4) is 5.75 Å². The first kappa shape index (κ1) is 24.8. The summed E-state index contributed by atoms with van der Waals surface area (Å²) in [5.74, 6) is 0.215. The summed E-state index contributed by atoms with van der Waals surface area (Å²) < 4.78 is 31.3. The number of rotatable bonds is 8. The summed E-state index contributed by atoms with van der Waals surface area (Å²) in [6.07, 6.45) is 0.681. The van der Waals surface area contributed by atoms with E-state index in [-0.39, 0.29) is 23.1 Å². The first-order valence-electron chi connectivity index (χ1n) is 10.1. The van der Waals surface area contributed by atoms with E-state index in [9.17, 15) is 18.8 Å². The van der Waals surface area contributed by atoms with Crippen LogP contribution in [0.3, 0.4) is 0 Å². The summed E-state index contributed by atoms with van der Waals surface area (Å²) in [4.78, 5) is 21.3. The maximum atomic E-state index is 13.5. The van der Waals surface area contributed by atoms with Gasteiger partial charge in [-0.3, -0.25) is 4.79 Å². The Morgan fingerprint density at radius 3 is 2.91 bits per heavy atom. The molecular weight excluding hydrogens is 507 g/mol. The third-order valence-electron chi connectivity index (χ3n) is 4.92. The number of aliphatic hydroxyl groups is 2. The number of nitrogens with one attached hydrogen (secondary N) is 2. The monoisotopic (exact) mass is 526 g/mol. The van der Waals surface area contributed by atoms with E-state index >= 15 is 0 Å². The van der Waals surface area contributed by atoms with Crippen LogP contribution in [0.2, 0.25) is 5.02 Å². The van der Waals surface area contributed by atoms with Crippen LogP contribution < -0.4 is 15.4 Å². The van der Waals surface area contributed by atoms with Crippen LogP contribution in [0.5, 0.6) is 5.75 Å². The molecule has 4 rings (SSSR count). The quantitative estimate of drug-likeness (QED) is 0.257. The van der Waals surface area contributed by atoms with Gasteiger partial charge in [-0.15, -0.1) is 0 Å². The van der Waals surface area contributed by atoms with E-state index in [1.807, 2.05) is 0 Å². The van der Waals surface area contributed by atoms with Gasteiger partial charge >= 0.3 is 0 Å². The highest BCUT2D eigenvalue weighted by molar-refractivity contribution is 8.72. The molecule has 4 N–H and O–H groups in total. The molecule has 1 fully saturated rings. The third kappa shape index (κ3) is 5.65. The van der Waals surface area contributed by atoms with Crippen molar-refractivity contribution in [1.82, 2.24) is 9.97 Å². The number of aliphatic hydroxyl groups excluding tert-OH is 2. The van der Waals surface area contributed by atoms with E-state index in [0.717, 1.165) is 0 Å². The minimum absolute atomic E-state index is 0.0584. The highest BCUT2D eigenvalue weighted by Crippen LogP contribution is 2.36. The lowest BCUT2D eigenvalue weighted by Gasteiger charge is -2.18. The number of carbonyl (C=O) groups is 1. The van der Waals surface area contributed by atoms with Crippen molar-refractivity contribution in [2.24, 2.45) is 0 Å². The summed E-state index contributed by atoms with van der Waals surface area (Å²) in [7, 11) is -0.109. The van der Waals surface area contributed by atoms with Gasteiger partial charge in [-0.25, -0.2) is 14.4 Å². The van der Waals surface area contributed by atoms with Crippen LogP contribution in [0.1, 0.15) is 6.42 Å². The van der Waals surface area contributed by atoms with Crippen molar-refractivity contribution >= 4 is 66.6 Å². The maximum absolute atomic E-state index is 13.5. The lowest BCUT2D eigenvalue weighted by molar-refractivity contribution is -0.115. The number of fused-ring (bicyclic) bond motifs is 1. The second-order valence-corrected chi connectivity index (χ2v) is 11.2. The van der Waals surface area contributed by atoms with Gasteiger partial charge in [0.05, 0.1) is 33.6 Å². The number of hydrogen-bond acceptors (Lipinski definition) is 9. The largest absolute Gasteiger partial charge is 0.605 e. The Kier molecular flexibility index (Phi) is 7.96. The zero-order chi connectivity index (χ0) is 24.2. The minimum Gasteiger partial charge on any atom is -0.605 e. The molecule has 1 aromatic heterocycles. The molecule has 3 unspecified atom stereocenters. The molecule has 34 heavy (non-hydrogen) atoms. The van der Waals surface area contributed by atoms with Gasteiger partial charge in [-0.05, 0) is 24.3 Å². The van der Waals surface area contributed by atoms with E-state index < -0.39 is 39.9 Å². The van der Waals surface area contributed by atoms with Gasteiger partial charge in [0.1, 0.15) is 36.4 Å². The molecule has 0 bridgehead atoms. The Bertz CT molecular complexity index is 1210. The van der Waals surface area contributed by atoms with Gasteiger partial charge in [-0.2, -0.15) is 0 Å². The Morgan fingerprint density at radius 1 is 1.38 bits per heavy atom. The van der Waals surface area contributed by atoms with Crippen LogP contribution >= 0.6 is 22.4 Å². The van der Waals surface area contributed by atoms with Gasteiger partial charge in [0.25, 0.3) is 5.91 Å². The summed E-state index contributed by atoms with van der Waals surface area (Å²) in [6, 6.07) is 7.27. The Balaban J connectivity index is 1.70. The van der Waals surface area contributed by atoms with Crippen molar-refractivity contribution in [1.29, 1.82) is 0 Å². The molecule has 2 heterocycles. The number of halogens is 2. The number of amides is 1. The van der Waals surface area contributed by atoms with Crippen molar-refractivity contribution in [3.05, 3.63) is 47.5 Å². The second kappa shape index (κ2) is 10.9. The first-order valence-corrected chi connectivity index (χ1v) is 13.2. The van der Waals surface area contributed by atoms with Gasteiger partial charge in [0.15, 0.2) is 0 Å². The molecule has 9 nitrogen and oxygen atoms in total. The summed E-state index contributed by atoms with van der Waals surface area (Å²) in [5.41, 5.74) is 1.20. The fraction of sp³-hybridized carbons (Fsp3) is 0.286. The number of carbonyl (C=O) groups excluding carboxylic acids is 1.